The number of nitrogens with zero attached hydrogens (tertiary/aromatic N) is 6. The SMILES string of the molecule is CC(c1ccc(Cl)cc1Cl)n1nc(C#C[Si](C)(C)C)c2ncc(N3CC(C4CCCN(CCO[Si](C)(C)C(C)(C)C)C4)C3)nc21. The van der Waals surface area contributed by atoms with E-state index in [0.29, 0.717) is 27.6 Å². The van der Waals surface area contributed by atoms with Crippen molar-refractivity contribution in [3.8, 4) is 11.5 Å². The zero-order valence-corrected chi connectivity index (χ0v) is 32.1. The Morgan fingerprint density at radius 3 is 2.47 bits per heavy atom. The van der Waals surface area contributed by atoms with E-state index in [4.69, 9.17) is 42.7 Å². The Balaban J connectivity index is 1.30. The average molecular weight is 686 g/mol. The molecule has 0 radical (unpaired) electrons. The smallest absolute Gasteiger partial charge is 0.192 e. The van der Waals surface area contributed by atoms with Crippen LogP contribution in [0.25, 0.3) is 11.2 Å². The van der Waals surface area contributed by atoms with E-state index in [0.717, 1.165) is 55.3 Å². The second-order valence-electron chi connectivity index (χ2n) is 15.5. The first-order chi connectivity index (χ1) is 21.0. The summed E-state index contributed by atoms with van der Waals surface area (Å²) in [5, 5.41) is 6.41. The molecule has 2 fully saturated rings. The van der Waals surface area contributed by atoms with Crippen LogP contribution >= 0.6 is 23.2 Å². The summed E-state index contributed by atoms with van der Waals surface area (Å²) in [4.78, 5) is 15.0. The first kappa shape index (κ1) is 34.4. The van der Waals surface area contributed by atoms with Gasteiger partial charge in [0.05, 0.1) is 12.2 Å². The summed E-state index contributed by atoms with van der Waals surface area (Å²) < 4.78 is 8.42. The minimum Gasteiger partial charge on any atom is -0.416 e. The molecule has 0 spiro atoms. The van der Waals surface area contributed by atoms with Crippen molar-refractivity contribution < 1.29 is 4.43 Å². The van der Waals surface area contributed by atoms with Gasteiger partial charge in [0.2, 0.25) is 0 Å². The average Bonchev–Trinajstić information content (AvgIpc) is 3.28. The number of fused-ring (bicyclic) bond motifs is 1. The first-order valence-corrected chi connectivity index (χ1v) is 23.5. The summed E-state index contributed by atoms with van der Waals surface area (Å²) >= 11 is 12.8. The van der Waals surface area contributed by atoms with Gasteiger partial charge in [-0.05, 0) is 79.9 Å². The topological polar surface area (TPSA) is 59.3 Å². The molecule has 244 valence electrons. The van der Waals surface area contributed by atoms with Crippen LogP contribution in [0.2, 0.25) is 47.8 Å². The number of piperidine rings is 1. The highest BCUT2D eigenvalue weighted by atomic mass is 35.5. The Kier molecular flexibility index (Phi) is 10.2. The lowest BCUT2D eigenvalue weighted by Gasteiger charge is -2.47. The monoisotopic (exact) mass is 684 g/mol. The van der Waals surface area contributed by atoms with Crippen molar-refractivity contribution in [2.45, 2.75) is 84.4 Å². The Hall–Kier alpha value is -1.94. The van der Waals surface area contributed by atoms with Crippen molar-refractivity contribution in [3.05, 3.63) is 45.7 Å². The van der Waals surface area contributed by atoms with E-state index < -0.39 is 16.4 Å². The number of rotatable bonds is 8. The van der Waals surface area contributed by atoms with Crippen molar-refractivity contribution in [3.63, 3.8) is 0 Å². The molecule has 0 saturated carbocycles. The fourth-order valence-corrected chi connectivity index (χ4v) is 8.04. The zero-order valence-electron chi connectivity index (χ0n) is 28.5. The maximum atomic E-state index is 6.63. The van der Waals surface area contributed by atoms with Gasteiger partial charge in [-0.2, -0.15) is 5.10 Å². The van der Waals surface area contributed by atoms with Crippen LogP contribution in [0.5, 0.6) is 0 Å². The van der Waals surface area contributed by atoms with Crippen molar-refractivity contribution in [2.24, 2.45) is 11.8 Å². The molecule has 2 saturated heterocycles. The number of hydrogen-bond acceptors (Lipinski definition) is 6. The lowest BCUT2D eigenvalue weighted by atomic mass is 9.80. The number of benzene rings is 1. The predicted octanol–water partition coefficient (Wildman–Crippen LogP) is 8.14. The van der Waals surface area contributed by atoms with Gasteiger partial charge in [0.1, 0.15) is 19.4 Å². The molecule has 5 rings (SSSR count). The van der Waals surface area contributed by atoms with Gasteiger partial charge in [0.25, 0.3) is 0 Å². The summed E-state index contributed by atoms with van der Waals surface area (Å²) in [5.74, 6) is 5.61. The third-order valence-electron chi connectivity index (χ3n) is 9.84. The summed E-state index contributed by atoms with van der Waals surface area (Å²) in [6, 6.07) is 5.43. The molecule has 11 heteroatoms. The van der Waals surface area contributed by atoms with Gasteiger partial charge in [-0.3, -0.25) is 0 Å². The van der Waals surface area contributed by atoms with Crippen LogP contribution in [-0.2, 0) is 4.43 Å². The van der Waals surface area contributed by atoms with Gasteiger partial charge in [-0.15, -0.1) is 5.54 Å². The van der Waals surface area contributed by atoms with Gasteiger partial charge in [-0.1, -0.05) is 69.7 Å². The van der Waals surface area contributed by atoms with E-state index in [1.807, 2.05) is 23.0 Å². The van der Waals surface area contributed by atoms with Crippen LogP contribution in [0.3, 0.4) is 0 Å². The van der Waals surface area contributed by atoms with Crippen LogP contribution in [0, 0.1) is 23.3 Å². The van der Waals surface area contributed by atoms with Crippen molar-refractivity contribution in [1.29, 1.82) is 0 Å². The highest BCUT2D eigenvalue weighted by molar-refractivity contribution is 6.83. The summed E-state index contributed by atoms with van der Waals surface area (Å²) in [6.07, 6.45) is 4.46. The van der Waals surface area contributed by atoms with Crippen LogP contribution in [-0.4, -0.2) is 80.4 Å². The largest absolute Gasteiger partial charge is 0.416 e. The molecule has 2 aliphatic rings. The van der Waals surface area contributed by atoms with E-state index in [1.165, 1.54) is 19.4 Å². The Bertz CT molecular complexity index is 1580. The molecular formula is C34H50Cl2N6OSi2. The number of hydrogen-bond donors (Lipinski definition) is 0. The third-order valence-corrected chi connectivity index (χ3v) is 15.8. The standard InChI is InChI=1S/C34H50Cl2N6OSi2/c1-24(28-13-12-27(35)19-29(28)36)42-33-32(30(39-42)14-18-44(5,6)7)37-20-31(38-33)41-22-26(23-41)25-11-10-15-40(21-25)16-17-43-45(8,9)34(2,3)4/h12-13,19-20,24-26H,10-11,15-17,21-23H2,1-9H3. The minimum atomic E-state index is -1.71. The fourth-order valence-electron chi connectivity index (χ4n) is 5.95. The molecule has 0 bridgehead atoms. The van der Waals surface area contributed by atoms with E-state index in [2.05, 4.69) is 81.7 Å². The second-order valence-corrected chi connectivity index (χ2v) is 25.9. The number of halogens is 2. The van der Waals surface area contributed by atoms with Crippen LogP contribution in [0.1, 0.15) is 57.8 Å². The number of aromatic nitrogens is 4. The minimum absolute atomic E-state index is 0.165. The summed E-state index contributed by atoms with van der Waals surface area (Å²) in [5.41, 5.74) is 6.53. The third kappa shape index (κ3) is 7.97. The lowest BCUT2D eigenvalue weighted by Crippen LogP contribution is -2.54. The van der Waals surface area contributed by atoms with E-state index >= 15 is 0 Å². The van der Waals surface area contributed by atoms with Crippen molar-refractivity contribution >= 4 is 56.6 Å². The second kappa shape index (κ2) is 13.3. The number of likely N-dealkylation sites (tertiary alicyclic amines) is 1. The molecule has 0 amide bonds. The van der Waals surface area contributed by atoms with Gasteiger partial charge in [0.15, 0.2) is 19.7 Å². The molecule has 0 aliphatic carbocycles. The molecule has 45 heavy (non-hydrogen) atoms. The maximum Gasteiger partial charge on any atom is 0.192 e. The van der Waals surface area contributed by atoms with Gasteiger partial charge < -0.3 is 14.2 Å². The van der Waals surface area contributed by atoms with Gasteiger partial charge in [-0.25, -0.2) is 14.6 Å². The number of anilines is 1. The van der Waals surface area contributed by atoms with Gasteiger partial charge >= 0.3 is 0 Å². The van der Waals surface area contributed by atoms with Crippen LogP contribution < -0.4 is 4.90 Å². The van der Waals surface area contributed by atoms with E-state index in [1.54, 1.807) is 6.07 Å². The molecule has 3 aromatic rings. The normalized spacial score (nSPS) is 19.4. The summed E-state index contributed by atoms with van der Waals surface area (Å²) in [7, 11) is -3.32. The Morgan fingerprint density at radius 1 is 1.07 bits per heavy atom. The molecule has 2 unspecified atom stereocenters. The Labute approximate surface area is 282 Å². The molecule has 2 atom stereocenters. The summed E-state index contributed by atoms with van der Waals surface area (Å²) in [6.45, 7) is 26.6. The van der Waals surface area contributed by atoms with Crippen molar-refractivity contribution in [1.82, 2.24) is 24.6 Å². The first-order valence-electron chi connectivity index (χ1n) is 16.4. The highest BCUT2D eigenvalue weighted by Crippen LogP contribution is 2.37. The molecule has 0 N–H and O–H groups in total. The zero-order chi connectivity index (χ0) is 32.7. The highest BCUT2D eigenvalue weighted by Gasteiger charge is 2.39. The van der Waals surface area contributed by atoms with Crippen LogP contribution in [0.4, 0.5) is 5.82 Å². The molecular weight excluding hydrogens is 635 g/mol. The molecule has 2 aromatic heterocycles. The molecule has 1 aromatic carbocycles. The quantitative estimate of drug-likeness (QED) is 0.176. The van der Waals surface area contributed by atoms with Crippen LogP contribution in [0.15, 0.2) is 24.4 Å². The van der Waals surface area contributed by atoms with E-state index in [9.17, 15) is 0 Å². The molecule has 7 nitrogen and oxygen atoms in total. The molecule has 4 heterocycles. The lowest BCUT2D eigenvalue weighted by molar-refractivity contribution is 0.103. The fraction of sp³-hybridized carbons (Fsp3) is 0.618. The Morgan fingerprint density at radius 2 is 1.80 bits per heavy atom. The van der Waals surface area contributed by atoms with Crippen molar-refractivity contribution in [2.75, 3.05) is 44.2 Å². The maximum absolute atomic E-state index is 6.63. The molecule has 2 aliphatic heterocycles. The van der Waals surface area contributed by atoms with Gasteiger partial charge in [0, 0.05) is 42.8 Å². The van der Waals surface area contributed by atoms with E-state index in [-0.39, 0.29) is 11.1 Å². The predicted molar refractivity (Wildman–Crippen MR) is 194 cm³/mol.